The zero-order valence-corrected chi connectivity index (χ0v) is 15.8. The standard InChI is InChI=1S/C17H17ClN2O6S/c1-12-2-6-14(7-3-12)26-16(21)19-10-11-25-17(22)20-27(23,24)15-8-4-13(18)5-9-15/h2-9H,10-11H2,1H3,(H,19,21)(H,20,22). The third-order valence-electron chi connectivity index (χ3n) is 3.18. The first kappa shape index (κ1) is 20.5. The second-order valence-electron chi connectivity index (χ2n) is 5.32. The lowest BCUT2D eigenvalue weighted by atomic mass is 10.2. The molecule has 2 aromatic carbocycles. The van der Waals surface area contributed by atoms with Crippen molar-refractivity contribution in [2.75, 3.05) is 13.2 Å². The quantitative estimate of drug-likeness (QED) is 0.706. The fourth-order valence-electron chi connectivity index (χ4n) is 1.86. The van der Waals surface area contributed by atoms with E-state index in [0.717, 1.165) is 5.56 Å². The Morgan fingerprint density at radius 2 is 1.63 bits per heavy atom. The molecular formula is C17H17ClN2O6S. The van der Waals surface area contributed by atoms with E-state index in [4.69, 9.17) is 21.1 Å². The number of sulfonamides is 1. The van der Waals surface area contributed by atoms with Crippen molar-refractivity contribution in [1.82, 2.24) is 10.0 Å². The molecule has 0 aliphatic rings. The maximum absolute atomic E-state index is 12.0. The minimum absolute atomic E-state index is 0.0564. The summed E-state index contributed by atoms with van der Waals surface area (Å²) in [5.41, 5.74) is 1.02. The van der Waals surface area contributed by atoms with Gasteiger partial charge in [0.2, 0.25) is 0 Å². The van der Waals surface area contributed by atoms with Crippen molar-refractivity contribution in [3.63, 3.8) is 0 Å². The molecule has 0 saturated heterocycles. The number of aryl methyl sites for hydroxylation is 1. The molecule has 8 nitrogen and oxygen atoms in total. The Hall–Kier alpha value is -2.78. The molecule has 144 valence electrons. The van der Waals surface area contributed by atoms with E-state index < -0.39 is 22.2 Å². The summed E-state index contributed by atoms with van der Waals surface area (Å²) in [5, 5.41) is 2.73. The third-order valence-corrected chi connectivity index (χ3v) is 4.76. The van der Waals surface area contributed by atoms with Crippen molar-refractivity contribution >= 4 is 33.8 Å². The second-order valence-corrected chi connectivity index (χ2v) is 7.44. The van der Waals surface area contributed by atoms with E-state index in [-0.39, 0.29) is 18.0 Å². The van der Waals surface area contributed by atoms with Crippen molar-refractivity contribution in [1.29, 1.82) is 0 Å². The molecule has 2 N–H and O–H groups in total. The van der Waals surface area contributed by atoms with Gasteiger partial charge in [-0.1, -0.05) is 29.3 Å². The van der Waals surface area contributed by atoms with Gasteiger partial charge in [-0.3, -0.25) is 0 Å². The normalized spacial score (nSPS) is 10.7. The third kappa shape index (κ3) is 6.80. The number of carbonyl (C=O) groups excluding carboxylic acids is 2. The maximum atomic E-state index is 12.0. The van der Waals surface area contributed by atoms with Crippen LogP contribution in [0.25, 0.3) is 0 Å². The molecule has 2 aromatic rings. The number of benzene rings is 2. The highest BCUT2D eigenvalue weighted by molar-refractivity contribution is 7.90. The molecule has 0 aromatic heterocycles. The minimum Gasteiger partial charge on any atom is -0.447 e. The van der Waals surface area contributed by atoms with Crippen LogP contribution in [-0.4, -0.2) is 33.8 Å². The van der Waals surface area contributed by atoms with Crippen molar-refractivity contribution in [3.8, 4) is 5.75 Å². The minimum atomic E-state index is -4.07. The first-order chi connectivity index (χ1) is 12.8. The monoisotopic (exact) mass is 412 g/mol. The van der Waals surface area contributed by atoms with E-state index >= 15 is 0 Å². The molecule has 0 fully saturated rings. The first-order valence-electron chi connectivity index (χ1n) is 7.74. The SMILES string of the molecule is Cc1ccc(OC(=O)NCCOC(=O)NS(=O)(=O)c2ccc(Cl)cc2)cc1. The van der Waals surface area contributed by atoms with Crippen LogP contribution in [0.5, 0.6) is 5.75 Å². The lowest BCUT2D eigenvalue weighted by Gasteiger charge is -2.09. The molecule has 0 spiro atoms. The van der Waals surface area contributed by atoms with Gasteiger partial charge in [-0.2, -0.15) is 0 Å². The van der Waals surface area contributed by atoms with Crippen LogP contribution in [0.15, 0.2) is 53.4 Å². The smallest absolute Gasteiger partial charge is 0.421 e. The number of hydrogen-bond donors (Lipinski definition) is 2. The lowest BCUT2D eigenvalue weighted by Crippen LogP contribution is -2.34. The summed E-state index contributed by atoms with van der Waals surface area (Å²) in [6.07, 6.45) is -1.89. The van der Waals surface area contributed by atoms with Gasteiger partial charge in [0, 0.05) is 5.02 Å². The fraction of sp³-hybridized carbons (Fsp3) is 0.176. The Balaban J connectivity index is 1.71. The summed E-state index contributed by atoms with van der Waals surface area (Å²) in [4.78, 5) is 23.0. The van der Waals surface area contributed by atoms with Gasteiger partial charge >= 0.3 is 12.2 Å². The number of amides is 2. The van der Waals surface area contributed by atoms with Gasteiger partial charge in [0.15, 0.2) is 0 Å². The van der Waals surface area contributed by atoms with Crippen LogP contribution in [0.3, 0.4) is 0 Å². The highest BCUT2D eigenvalue weighted by atomic mass is 35.5. The largest absolute Gasteiger partial charge is 0.447 e. The summed E-state index contributed by atoms with van der Waals surface area (Å²) in [7, 11) is -4.07. The van der Waals surface area contributed by atoms with Gasteiger partial charge < -0.3 is 14.8 Å². The van der Waals surface area contributed by atoms with Gasteiger partial charge in [0.25, 0.3) is 10.0 Å². The molecule has 0 radical (unpaired) electrons. The van der Waals surface area contributed by atoms with Crippen molar-refractivity contribution < 1.29 is 27.5 Å². The number of nitrogens with one attached hydrogen (secondary N) is 2. The Labute approximate surface area is 161 Å². The highest BCUT2D eigenvalue weighted by Crippen LogP contribution is 2.14. The van der Waals surface area contributed by atoms with Crippen LogP contribution in [0.4, 0.5) is 9.59 Å². The van der Waals surface area contributed by atoms with E-state index in [2.05, 4.69) is 5.32 Å². The van der Waals surface area contributed by atoms with E-state index in [9.17, 15) is 18.0 Å². The molecule has 0 saturated carbocycles. The Morgan fingerprint density at radius 3 is 2.26 bits per heavy atom. The van der Waals surface area contributed by atoms with Gasteiger partial charge in [-0.05, 0) is 43.3 Å². The molecule has 2 rings (SSSR count). The molecule has 27 heavy (non-hydrogen) atoms. The summed E-state index contributed by atoms with van der Waals surface area (Å²) in [6, 6.07) is 12.1. The van der Waals surface area contributed by atoms with Crippen molar-refractivity contribution in [2.24, 2.45) is 0 Å². The number of hydrogen-bond acceptors (Lipinski definition) is 6. The average molecular weight is 413 g/mol. The maximum Gasteiger partial charge on any atom is 0.421 e. The van der Waals surface area contributed by atoms with E-state index in [0.29, 0.717) is 10.8 Å². The predicted octanol–water partition coefficient (Wildman–Crippen LogP) is 2.85. The zero-order valence-electron chi connectivity index (χ0n) is 14.3. The number of ether oxygens (including phenoxy) is 2. The molecule has 0 aliphatic heterocycles. The van der Waals surface area contributed by atoms with Crippen LogP contribution in [0, 0.1) is 6.92 Å². The van der Waals surface area contributed by atoms with Crippen LogP contribution in [0.1, 0.15) is 5.56 Å². The predicted molar refractivity (Wildman–Crippen MR) is 98.3 cm³/mol. The van der Waals surface area contributed by atoms with Crippen LogP contribution in [0.2, 0.25) is 5.02 Å². The Morgan fingerprint density at radius 1 is 1.00 bits per heavy atom. The number of halogens is 1. The van der Waals surface area contributed by atoms with E-state index in [1.165, 1.54) is 24.3 Å². The van der Waals surface area contributed by atoms with Crippen LogP contribution in [-0.2, 0) is 14.8 Å². The second kappa shape index (κ2) is 9.24. The van der Waals surface area contributed by atoms with Gasteiger partial charge in [0.1, 0.15) is 12.4 Å². The topological polar surface area (TPSA) is 111 Å². The molecule has 10 heteroatoms. The molecule has 0 atom stereocenters. The van der Waals surface area contributed by atoms with E-state index in [1.54, 1.807) is 29.0 Å². The number of rotatable bonds is 6. The summed E-state index contributed by atoms with van der Waals surface area (Å²) in [6.45, 7) is 1.60. The van der Waals surface area contributed by atoms with Crippen molar-refractivity contribution in [3.05, 3.63) is 59.1 Å². The van der Waals surface area contributed by atoms with Crippen LogP contribution < -0.4 is 14.8 Å². The average Bonchev–Trinajstić information content (AvgIpc) is 2.61. The van der Waals surface area contributed by atoms with Gasteiger partial charge in [0.05, 0.1) is 11.4 Å². The summed E-state index contributed by atoms with van der Waals surface area (Å²) in [5.74, 6) is 0.366. The molecule has 2 amide bonds. The fourth-order valence-corrected chi connectivity index (χ4v) is 2.87. The van der Waals surface area contributed by atoms with Crippen LogP contribution >= 0.6 is 11.6 Å². The van der Waals surface area contributed by atoms with E-state index in [1.807, 2.05) is 6.92 Å². The molecular weight excluding hydrogens is 396 g/mol. The Bertz CT molecular complexity index is 898. The van der Waals surface area contributed by atoms with Gasteiger partial charge in [-0.25, -0.2) is 22.7 Å². The summed E-state index contributed by atoms with van der Waals surface area (Å²) >= 11 is 5.68. The molecule has 0 heterocycles. The summed E-state index contributed by atoms with van der Waals surface area (Å²) < 4.78 is 35.4. The van der Waals surface area contributed by atoms with Crippen molar-refractivity contribution in [2.45, 2.75) is 11.8 Å². The zero-order chi connectivity index (χ0) is 19.9. The molecule has 0 unspecified atom stereocenters. The number of carbonyl (C=O) groups is 2. The lowest BCUT2D eigenvalue weighted by molar-refractivity contribution is 0.150. The highest BCUT2D eigenvalue weighted by Gasteiger charge is 2.18. The first-order valence-corrected chi connectivity index (χ1v) is 9.60. The van der Waals surface area contributed by atoms with Gasteiger partial charge in [-0.15, -0.1) is 0 Å². The Kier molecular flexibility index (Phi) is 7.03. The molecule has 0 aliphatic carbocycles. The molecule has 0 bridgehead atoms.